The number of rotatable bonds is 15. The van der Waals surface area contributed by atoms with Crippen LogP contribution in [0.5, 0.6) is 0 Å². The molecular formula is C23H44O4. The Morgan fingerprint density at radius 2 is 1.30 bits per heavy atom. The lowest BCUT2D eigenvalue weighted by atomic mass is 9.90. The summed E-state index contributed by atoms with van der Waals surface area (Å²) in [5.74, 6) is 1.68. The van der Waals surface area contributed by atoms with Crippen molar-refractivity contribution in [1.82, 2.24) is 0 Å². The van der Waals surface area contributed by atoms with Crippen molar-refractivity contribution in [1.29, 1.82) is 0 Å². The third-order valence-electron chi connectivity index (χ3n) is 5.11. The van der Waals surface area contributed by atoms with E-state index in [1.54, 1.807) is 6.92 Å². The van der Waals surface area contributed by atoms with Gasteiger partial charge in [0.05, 0.1) is 6.61 Å². The first-order valence-electron chi connectivity index (χ1n) is 11.0. The molecule has 0 saturated carbocycles. The zero-order valence-electron chi connectivity index (χ0n) is 18.9. The summed E-state index contributed by atoms with van der Waals surface area (Å²) < 4.78 is 10.1. The Morgan fingerprint density at radius 1 is 0.741 bits per heavy atom. The van der Waals surface area contributed by atoms with E-state index in [0.717, 1.165) is 18.3 Å². The van der Waals surface area contributed by atoms with Crippen LogP contribution in [-0.2, 0) is 19.1 Å². The molecule has 4 heteroatoms. The maximum atomic E-state index is 11.8. The van der Waals surface area contributed by atoms with Crippen molar-refractivity contribution in [3.63, 3.8) is 0 Å². The quantitative estimate of drug-likeness (QED) is 0.250. The number of hydrogen-bond donors (Lipinski definition) is 0. The molecule has 0 spiro atoms. The van der Waals surface area contributed by atoms with Crippen molar-refractivity contribution in [3.8, 4) is 0 Å². The summed E-state index contributed by atoms with van der Waals surface area (Å²) in [6.07, 6.45) is 9.50. The number of ether oxygens (including phenoxy) is 2. The summed E-state index contributed by atoms with van der Waals surface area (Å²) >= 11 is 0. The van der Waals surface area contributed by atoms with Crippen LogP contribution in [0.4, 0.5) is 0 Å². The van der Waals surface area contributed by atoms with Gasteiger partial charge in [0, 0.05) is 6.92 Å². The van der Waals surface area contributed by atoms with Crippen LogP contribution < -0.4 is 0 Å². The second kappa shape index (κ2) is 14.9. The highest BCUT2D eigenvalue weighted by Crippen LogP contribution is 2.22. The second-order valence-electron chi connectivity index (χ2n) is 9.04. The highest BCUT2D eigenvalue weighted by atomic mass is 16.6. The highest BCUT2D eigenvalue weighted by Gasteiger charge is 2.19. The van der Waals surface area contributed by atoms with Gasteiger partial charge in [0.25, 0.3) is 0 Å². The zero-order chi connectivity index (χ0) is 20.8. The lowest BCUT2D eigenvalue weighted by Crippen LogP contribution is -2.27. The molecule has 0 aromatic carbocycles. The normalized spacial score (nSPS) is 15.9. The second-order valence-corrected chi connectivity index (χ2v) is 9.04. The van der Waals surface area contributed by atoms with Gasteiger partial charge < -0.3 is 9.47 Å². The minimum atomic E-state index is -0.825. The van der Waals surface area contributed by atoms with E-state index in [2.05, 4.69) is 34.6 Å². The lowest BCUT2D eigenvalue weighted by molar-refractivity contribution is -0.166. The highest BCUT2D eigenvalue weighted by molar-refractivity contribution is 5.78. The minimum Gasteiger partial charge on any atom is -0.463 e. The topological polar surface area (TPSA) is 52.6 Å². The first-order valence-corrected chi connectivity index (χ1v) is 11.0. The first-order chi connectivity index (χ1) is 12.6. The fourth-order valence-corrected chi connectivity index (χ4v) is 3.52. The lowest BCUT2D eigenvalue weighted by Gasteiger charge is -2.19. The molecule has 0 saturated heterocycles. The number of carbonyl (C=O) groups is 2. The molecule has 0 aromatic rings. The summed E-state index contributed by atoms with van der Waals surface area (Å²) in [4.78, 5) is 22.6. The van der Waals surface area contributed by atoms with Gasteiger partial charge in [0.2, 0.25) is 0 Å². The predicted molar refractivity (Wildman–Crippen MR) is 111 cm³/mol. The monoisotopic (exact) mass is 384 g/mol. The molecular weight excluding hydrogens is 340 g/mol. The average molecular weight is 385 g/mol. The third kappa shape index (κ3) is 15.7. The molecule has 0 aliphatic heterocycles. The van der Waals surface area contributed by atoms with Crippen molar-refractivity contribution in [2.45, 2.75) is 106 Å². The largest absolute Gasteiger partial charge is 0.463 e. The van der Waals surface area contributed by atoms with E-state index in [-0.39, 0.29) is 0 Å². The Bertz CT molecular complexity index is 405. The van der Waals surface area contributed by atoms with Crippen LogP contribution in [0.25, 0.3) is 0 Å². The van der Waals surface area contributed by atoms with Crippen LogP contribution in [0.15, 0.2) is 0 Å². The fraction of sp³-hybridized carbons (Fsp3) is 0.913. The fourth-order valence-electron chi connectivity index (χ4n) is 3.52. The Hall–Kier alpha value is -1.06. The van der Waals surface area contributed by atoms with Crippen LogP contribution in [0.1, 0.15) is 99.8 Å². The Labute approximate surface area is 167 Å². The SMILES string of the molecule is CC(=O)OC(C)C(=O)OC[C@H](C)CC(C)CCCC(C)CCCCC(C)C. The molecule has 0 aliphatic rings. The van der Waals surface area contributed by atoms with Crippen LogP contribution in [-0.4, -0.2) is 24.6 Å². The molecule has 4 nitrogen and oxygen atoms in total. The average Bonchev–Trinajstić information content (AvgIpc) is 2.55. The van der Waals surface area contributed by atoms with E-state index in [1.807, 2.05) is 0 Å². The summed E-state index contributed by atoms with van der Waals surface area (Å²) in [7, 11) is 0. The van der Waals surface area contributed by atoms with E-state index in [9.17, 15) is 9.59 Å². The van der Waals surface area contributed by atoms with Crippen LogP contribution in [0, 0.1) is 23.7 Å². The van der Waals surface area contributed by atoms with E-state index in [4.69, 9.17) is 9.47 Å². The molecule has 0 N–H and O–H groups in total. The first kappa shape index (κ1) is 25.9. The van der Waals surface area contributed by atoms with Crippen molar-refractivity contribution in [2.75, 3.05) is 6.61 Å². The molecule has 0 aliphatic carbocycles. The summed E-state index contributed by atoms with van der Waals surface area (Å²) in [6, 6.07) is 0. The standard InChI is InChI=1S/C23H44O4/c1-17(2)11-8-9-12-18(3)13-10-14-19(4)15-20(5)16-26-23(25)21(6)27-22(7)24/h17-21H,8-16H2,1-7H3/t18?,19?,20-,21?/m1/s1. The molecule has 0 aromatic heterocycles. The number of carbonyl (C=O) groups excluding carboxylic acids is 2. The summed E-state index contributed by atoms with van der Waals surface area (Å²) in [5, 5.41) is 0. The van der Waals surface area contributed by atoms with Gasteiger partial charge in [-0.25, -0.2) is 4.79 Å². The predicted octanol–water partition coefficient (Wildman–Crippen LogP) is 6.17. The molecule has 0 rings (SSSR count). The number of esters is 2. The van der Waals surface area contributed by atoms with Gasteiger partial charge in [-0.15, -0.1) is 0 Å². The van der Waals surface area contributed by atoms with E-state index in [1.165, 1.54) is 51.9 Å². The van der Waals surface area contributed by atoms with Gasteiger partial charge in [-0.05, 0) is 37.0 Å². The molecule has 0 amide bonds. The minimum absolute atomic E-state index is 0.321. The maximum Gasteiger partial charge on any atom is 0.347 e. The zero-order valence-corrected chi connectivity index (χ0v) is 18.9. The van der Waals surface area contributed by atoms with E-state index in [0.29, 0.717) is 18.4 Å². The number of hydrogen-bond acceptors (Lipinski definition) is 4. The van der Waals surface area contributed by atoms with Crippen molar-refractivity contribution >= 4 is 11.9 Å². The van der Waals surface area contributed by atoms with Crippen LogP contribution in [0.3, 0.4) is 0 Å². The molecule has 3 unspecified atom stereocenters. The van der Waals surface area contributed by atoms with Crippen molar-refractivity contribution in [2.24, 2.45) is 23.7 Å². The molecule has 0 bridgehead atoms. The van der Waals surface area contributed by atoms with Crippen molar-refractivity contribution in [3.05, 3.63) is 0 Å². The molecule has 27 heavy (non-hydrogen) atoms. The molecule has 0 heterocycles. The smallest absolute Gasteiger partial charge is 0.347 e. The molecule has 160 valence electrons. The van der Waals surface area contributed by atoms with Crippen molar-refractivity contribution < 1.29 is 19.1 Å². The molecule has 0 radical (unpaired) electrons. The summed E-state index contributed by atoms with van der Waals surface area (Å²) in [6.45, 7) is 14.6. The Morgan fingerprint density at radius 3 is 1.89 bits per heavy atom. The third-order valence-corrected chi connectivity index (χ3v) is 5.11. The van der Waals surface area contributed by atoms with Gasteiger partial charge in [-0.1, -0.05) is 79.6 Å². The maximum absolute atomic E-state index is 11.8. The molecule has 4 atom stereocenters. The van der Waals surface area contributed by atoms with Gasteiger partial charge in [0.15, 0.2) is 6.10 Å². The van der Waals surface area contributed by atoms with Crippen LogP contribution in [0.2, 0.25) is 0 Å². The number of unbranched alkanes of at least 4 members (excludes halogenated alkanes) is 1. The van der Waals surface area contributed by atoms with E-state index < -0.39 is 18.0 Å². The summed E-state index contributed by atoms with van der Waals surface area (Å²) in [5.41, 5.74) is 0. The van der Waals surface area contributed by atoms with Crippen LogP contribution >= 0.6 is 0 Å². The Balaban J connectivity index is 3.80. The van der Waals surface area contributed by atoms with Gasteiger partial charge in [0.1, 0.15) is 0 Å². The Kier molecular flexibility index (Phi) is 14.3. The van der Waals surface area contributed by atoms with Gasteiger partial charge in [-0.3, -0.25) is 4.79 Å². The van der Waals surface area contributed by atoms with E-state index >= 15 is 0 Å². The molecule has 0 fully saturated rings. The van der Waals surface area contributed by atoms with Gasteiger partial charge >= 0.3 is 11.9 Å². The van der Waals surface area contributed by atoms with Gasteiger partial charge in [-0.2, -0.15) is 0 Å².